The van der Waals surface area contributed by atoms with E-state index in [1.54, 1.807) is 4.90 Å². The van der Waals surface area contributed by atoms with Crippen molar-refractivity contribution in [2.75, 3.05) is 37.9 Å². The Kier molecular flexibility index (Phi) is 15.1. The summed E-state index contributed by atoms with van der Waals surface area (Å²) in [6.07, 6.45) is -13.2. The lowest BCUT2D eigenvalue weighted by Gasteiger charge is -2.50. The van der Waals surface area contributed by atoms with Crippen LogP contribution in [0.5, 0.6) is 5.75 Å². The fraction of sp³-hybridized carbons (Fsp3) is 0.806. The molecule has 1 unspecified atom stereocenters. The van der Waals surface area contributed by atoms with Crippen molar-refractivity contribution in [3.63, 3.8) is 0 Å². The molecule has 0 saturated heterocycles. The van der Waals surface area contributed by atoms with Crippen molar-refractivity contribution < 1.29 is 63.6 Å². The van der Waals surface area contributed by atoms with Crippen LogP contribution >= 0.6 is 25.3 Å². The highest BCUT2D eigenvalue weighted by Gasteiger charge is 2.85. The molecule has 0 aliphatic heterocycles. The number of unbranched alkanes of at least 4 members (excludes halogenated alkanes) is 3. The zero-order chi connectivity index (χ0) is 39.2. The Hall–Kier alpha value is -1.56. The fourth-order valence-corrected chi connectivity index (χ4v) is 9.59. The second-order valence-corrected chi connectivity index (χ2v) is 15.5. The number of alkyl halides is 9. The van der Waals surface area contributed by atoms with Gasteiger partial charge < -0.3 is 24.2 Å². The molecule has 2 saturated carbocycles. The van der Waals surface area contributed by atoms with Crippen LogP contribution in [0.2, 0.25) is 0 Å². The van der Waals surface area contributed by atoms with Crippen LogP contribution in [0.1, 0.15) is 94.6 Å². The third-order valence-corrected chi connectivity index (χ3v) is 12.3. The standard InChI is InChI=1S/C36H50F9NO5S2/c1-32-15-13-27-26-10-8-25(51-31(48)46(24(22-53)14-20-52)16-4-2-3-5-17-47)21-23(26)7-9-28(27)29(32)11-12-30(32)49-18-6-19-50-33(34(37,38)39,35(40,41)42)36(43,44)45/h8,10,21,24,27-30,47,52-53H,2-7,9,11-20,22H2,1H3/t24?,27-,28-,29+,30+,32+/m1/s1. The molecule has 0 heterocycles. The summed E-state index contributed by atoms with van der Waals surface area (Å²) in [4.78, 5) is 15.1. The lowest BCUT2D eigenvalue weighted by Crippen LogP contribution is -2.67. The van der Waals surface area contributed by atoms with Gasteiger partial charge >= 0.3 is 30.2 Å². The molecule has 1 amide bonds. The molecule has 0 aromatic heterocycles. The number of carbonyl (C=O) groups excluding carboxylic acids is 1. The average Bonchev–Trinajstić information content (AvgIpc) is 3.41. The van der Waals surface area contributed by atoms with Crippen molar-refractivity contribution >= 4 is 31.4 Å². The average molecular weight is 812 g/mol. The minimum absolute atomic E-state index is 0.133. The van der Waals surface area contributed by atoms with Gasteiger partial charge in [0.1, 0.15) is 5.75 Å². The van der Waals surface area contributed by atoms with Gasteiger partial charge in [-0.15, -0.1) is 0 Å². The van der Waals surface area contributed by atoms with Crippen LogP contribution in [0, 0.1) is 17.3 Å². The van der Waals surface area contributed by atoms with Crippen LogP contribution in [0.3, 0.4) is 0 Å². The summed E-state index contributed by atoms with van der Waals surface area (Å²) in [5.74, 6) is 2.29. The van der Waals surface area contributed by atoms with E-state index in [9.17, 15) is 44.3 Å². The van der Waals surface area contributed by atoms with Gasteiger partial charge in [-0.25, -0.2) is 4.79 Å². The Morgan fingerprint density at radius 3 is 2.23 bits per heavy atom. The molecule has 1 aromatic carbocycles. The van der Waals surface area contributed by atoms with Crippen molar-refractivity contribution in [2.45, 2.75) is 126 Å². The van der Waals surface area contributed by atoms with Crippen molar-refractivity contribution in [3.05, 3.63) is 29.3 Å². The van der Waals surface area contributed by atoms with E-state index in [0.29, 0.717) is 49.0 Å². The van der Waals surface area contributed by atoms with E-state index in [1.165, 1.54) is 5.56 Å². The van der Waals surface area contributed by atoms with Gasteiger partial charge in [-0.05, 0) is 116 Å². The topological polar surface area (TPSA) is 68.2 Å². The maximum absolute atomic E-state index is 13.4. The summed E-state index contributed by atoms with van der Waals surface area (Å²) in [5.41, 5.74) is -4.30. The molecule has 1 N–H and O–H groups in total. The molecule has 1 aromatic rings. The van der Waals surface area contributed by atoms with Gasteiger partial charge in [0.25, 0.3) is 0 Å². The minimum atomic E-state index is -6.76. The monoisotopic (exact) mass is 811 g/mol. The molecule has 2 fully saturated rings. The van der Waals surface area contributed by atoms with Crippen molar-refractivity contribution in [3.8, 4) is 5.75 Å². The number of benzene rings is 1. The normalized spacial score (nSPS) is 25.4. The van der Waals surface area contributed by atoms with E-state index in [4.69, 9.17) is 14.6 Å². The highest BCUT2D eigenvalue weighted by atomic mass is 32.1. The summed E-state index contributed by atoms with van der Waals surface area (Å²) in [6.45, 7) is 0.921. The summed E-state index contributed by atoms with van der Waals surface area (Å²) in [7, 11) is 0. The van der Waals surface area contributed by atoms with Crippen LogP contribution in [0.25, 0.3) is 0 Å². The minimum Gasteiger partial charge on any atom is -0.410 e. The number of carbonyl (C=O) groups is 1. The second kappa shape index (κ2) is 18.1. The quantitative estimate of drug-likeness (QED) is 0.0831. The molecule has 6 nitrogen and oxygen atoms in total. The number of ether oxygens (including phenoxy) is 3. The summed E-state index contributed by atoms with van der Waals surface area (Å²) >= 11 is 8.81. The van der Waals surface area contributed by atoms with Crippen LogP contribution in [0.4, 0.5) is 44.3 Å². The molecule has 0 radical (unpaired) electrons. The first-order valence-electron chi connectivity index (χ1n) is 18.3. The number of thiol groups is 2. The SMILES string of the molecule is C[C@]12CC[C@@H]3c4ccc(OC(=O)N(CCCCCCO)C(CS)CCS)cc4CC[C@H]3[C@@H]1CC[C@@H]2OCCCOC(C(F)(F)F)(C(F)(F)F)C(F)(F)F. The highest BCUT2D eigenvalue weighted by Crippen LogP contribution is 2.62. The van der Waals surface area contributed by atoms with Crippen LogP contribution in [-0.4, -0.2) is 90.2 Å². The van der Waals surface area contributed by atoms with Crippen molar-refractivity contribution in [1.82, 2.24) is 4.90 Å². The number of aryl methyl sites for hydroxylation is 1. The Balaban J connectivity index is 1.36. The first kappa shape index (κ1) is 44.2. The Morgan fingerprint density at radius 2 is 1.60 bits per heavy atom. The lowest BCUT2D eigenvalue weighted by atomic mass is 9.55. The molecule has 53 heavy (non-hydrogen) atoms. The molecule has 4 rings (SSSR count). The van der Waals surface area contributed by atoms with Crippen LogP contribution in [0.15, 0.2) is 18.2 Å². The van der Waals surface area contributed by atoms with Gasteiger partial charge in [-0.1, -0.05) is 25.8 Å². The van der Waals surface area contributed by atoms with Gasteiger partial charge in [0.2, 0.25) is 0 Å². The number of aliphatic hydroxyl groups excluding tert-OH is 1. The number of hydrogen-bond acceptors (Lipinski definition) is 7. The predicted molar refractivity (Wildman–Crippen MR) is 187 cm³/mol. The van der Waals surface area contributed by atoms with E-state index < -0.39 is 43.3 Å². The Morgan fingerprint density at radius 1 is 0.925 bits per heavy atom. The Bertz CT molecular complexity index is 1310. The smallest absolute Gasteiger partial charge is 0.410 e. The van der Waals surface area contributed by atoms with Crippen LogP contribution < -0.4 is 4.74 Å². The molecular formula is C36H50F9NO5S2. The van der Waals surface area contributed by atoms with Crippen molar-refractivity contribution in [2.24, 2.45) is 17.3 Å². The number of fused-ring (bicyclic) bond motifs is 5. The van der Waals surface area contributed by atoms with Gasteiger partial charge in [0, 0.05) is 31.6 Å². The first-order valence-corrected chi connectivity index (χ1v) is 19.5. The van der Waals surface area contributed by atoms with E-state index in [0.717, 1.165) is 56.9 Å². The summed E-state index contributed by atoms with van der Waals surface area (Å²) in [5, 5.41) is 9.06. The number of amides is 1. The van der Waals surface area contributed by atoms with Crippen molar-refractivity contribution in [1.29, 1.82) is 0 Å². The third kappa shape index (κ3) is 9.53. The van der Waals surface area contributed by atoms with Gasteiger partial charge in [0.05, 0.1) is 12.7 Å². The van der Waals surface area contributed by atoms with E-state index in [2.05, 4.69) is 36.9 Å². The molecule has 0 spiro atoms. The molecule has 304 valence electrons. The number of aliphatic hydroxyl groups is 1. The van der Waals surface area contributed by atoms with Crippen LogP contribution in [-0.2, 0) is 15.9 Å². The molecule has 0 bridgehead atoms. The fourth-order valence-electron chi connectivity index (χ4n) is 8.91. The number of hydrogen-bond donors (Lipinski definition) is 3. The second-order valence-electron chi connectivity index (χ2n) is 14.7. The lowest BCUT2D eigenvalue weighted by molar-refractivity contribution is -0.457. The van der Waals surface area contributed by atoms with E-state index in [1.807, 2.05) is 18.2 Å². The zero-order valence-electron chi connectivity index (χ0n) is 29.7. The largest absolute Gasteiger partial charge is 0.435 e. The van der Waals surface area contributed by atoms with Gasteiger partial charge in [-0.3, -0.25) is 0 Å². The van der Waals surface area contributed by atoms with Gasteiger partial charge in [-0.2, -0.15) is 64.8 Å². The molecule has 6 atom stereocenters. The maximum atomic E-state index is 13.4. The molecule has 3 aliphatic carbocycles. The molecule has 17 heteroatoms. The predicted octanol–water partition coefficient (Wildman–Crippen LogP) is 9.73. The number of halogens is 9. The summed E-state index contributed by atoms with van der Waals surface area (Å²) < 4.78 is 134. The van der Waals surface area contributed by atoms with E-state index in [-0.39, 0.29) is 42.6 Å². The number of rotatable bonds is 17. The van der Waals surface area contributed by atoms with Gasteiger partial charge in [0.15, 0.2) is 0 Å². The number of nitrogens with zero attached hydrogens (tertiary/aromatic N) is 1. The third-order valence-electron chi connectivity index (χ3n) is 11.6. The Labute approximate surface area is 315 Å². The molecule has 3 aliphatic rings. The zero-order valence-corrected chi connectivity index (χ0v) is 31.5. The maximum Gasteiger partial charge on any atom is 0.435 e. The van der Waals surface area contributed by atoms with E-state index >= 15 is 0 Å². The first-order chi connectivity index (χ1) is 24.9. The molecular weight excluding hydrogens is 762 g/mol. The summed E-state index contributed by atoms with van der Waals surface area (Å²) in [6, 6.07) is 5.63. The highest BCUT2D eigenvalue weighted by molar-refractivity contribution is 7.80.